The van der Waals surface area contributed by atoms with Crippen LogP contribution in [-0.2, 0) is 10.3 Å². The summed E-state index contributed by atoms with van der Waals surface area (Å²) in [5.74, 6) is -2.28. The number of carbonyl (C=O) groups is 2. The molecule has 0 spiro atoms. The van der Waals surface area contributed by atoms with E-state index in [1.165, 1.54) is 6.92 Å². The number of hydrogen-bond donors (Lipinski definition) is 2. The second-order valence-corrected chi connectivity index (χ2v) is 3.66. The number of nitrogens with one attached hydrogen (secondary N) is 2. The van der Waals surface area contributed by atoms with E-state index in [2.05, 4.69) is 5.32 Å². The highest BCUT2D eigenvalue weighted by atomic mass is 19.1. The molecule has 1 aliphatic heterocycles. The summed E-state index contributed by atoms with van der Waals surface area (Å²) in [5, 5.41) is 4.29. The smallest absolute Gasteiger partial charge is 0.319 e. The van der Waals surface area contributed by atoms with Crippen molar-refractivity contribution in [1.82, 2.24) is 10.6 Å². The van der Waals surface area contributed by atoms with Crippen molar-refractivity contribution in [1.29, 1.82) is 0 Å². The first-order valence-electron chi connectivity index (χ1n) is 4.52. The lowest BCUT2D eigenvalue weighted by Crippen LogP contribution is -2.41. The highest BCUT2D eigenvalue weighted by Gasteiger charge is 2.45. The van der Waals surface area contributed by atoms with Gasteiger partial charge in [0.2, 0.25) is 0 Å². The minimum absolute atomic E-state index is 0.0720. The van der Waals surface area contributed by atoms with Crippen LogP contribution in [0.4, 0.5) is 13.6 Å². The number of amides is 3. The van der Waals surface area contributed by atoms with Gasteiger partial charge in [0.15, 0.2) is 0 Å². The van der Waals surface area contributed by atoms with E-state index in [-0.39, 0.29) is 5.56 Å². The predicted octanol–water partition coefficient (Wildman–Crippen LogP) is 1.02. The van der Waals surface area contributed by atoms with Gasteiger partial charge in [-0.3, -0.25) is 10.1 Å². The average molecular weight is 226 g/mol. The van der Waals surface area contributed by atoms with Crippen molar-refractivity contribution < 1.29 is 18.4 Å². The third-order valence-corrected chi connectivity index (χ3v) is 2.51. The van der Waals surface area contributed by atoms with Crippen molar-refractivity contribution in [3.63, 3.8) is 0 Å². The van der Waals surface area contributed by atoms with Crippen molar-refractivity contribution in [2.45, 2.75) is 12.5 Å². The van der Waals surface area contributed by atoms with Gasteiger partial charge in [-0.15, -0.1) is 0 Å². The molecule has 6 heteroatoms. The van der Waals surface area contributed by atoms with Gasteiger partial charge in [-0.2, -0.15) is 0 Å². The summed E-state index contributed by atoms with van der Waals surface area (Å²) >= 11 is 0. The highest BCUT2D eigenvalue weighted by molar-refractivity contribution is 6.07. The highest BCUT2D eigenvalue weighted by Crippen LogP contribution is 2.26. The number of carbonyl (C=O) groups excluding carboxylic acids is 2. The Kier molecular flexibility index (Phi) is 2.15. The van der Waals surface area contributed by atoms with Crippen molar-refractivity contribution in [3.05, 3.63) is 35.4 Å². The predicted molar refractivity (Wildman–Crippen MR) is 50.4 cm³/mol. The van der Waals surface area contributed by atoms with Crippen LogP contribution in [0.15, 0.2) is 18.2 Å². The molecule has 1 aromatic rings. The third kappa shape index (κ3) is 1.42. The number of hydrogen-bond acceptors (Lipinski definition) is 2. The topological polar surface area (TPSA) is 58.2 Å². The standard InChI is InChI=1S/C10H8F2N2O2/c1-10(8(15)13-9(16)14-10)6-3-2-5(11)4-7(6)12/h2-4H,1H3,(H2,13,14,15,16)/t10-/m0/s1. The largest absolute Gasteiger partial charge is 0.322 e. The Labute approximate surface area is 89.6 Å². The van der Waals surface area contributed by atoms with Crippen LogP contribution < -0.4 is 10.6 Å². The molecule has 1 heterocycles. The van der Waals surface area contributed by atoms with E-state index in [0.29, 0.717) is 6.07 Å². The summed E-state index contributed by atoms with van der Waals surface area (Å²) < 4.78 is 26.2. The molecule has 1 atom stereocenters. The molecule has 1 fully saturated rings. The van der Waals surface area contributed by atoms with E-state index < -0.39 is 29.1 Å². The first-order valence-corrected chi connectivity index (χ1v) is 4.52. The van der Waals surface area contributed by atoms with Crippen LogP contribution in [0.2, 0.25) is 0 Å². The molecule has 2 rings (SSSR count). The molecule has 4 nitrogen and oxygen atoms in total. The Morgan fingerprint density at radius 2 is 1.94 bits per heavy atom. The van der Waals surface area contributed by atoms with Gasteiger partial charge in [0.1, 0.15) is 17.2 Å². The Bertz CT molecular complexity index is 490. The van der Waals surface area contributed by atoms with Crippen molar-refractivity contribution in [3.8, 4) is 0 Å². The van der Waals surface area contributed by atoms with E-state index in [1.54, 1.807) is 0 Å². The lowest BCUT2D eigenvalue weighted by Gasteiger charge is -2.21. The molecule has 0 bridgehead atoms. The Hall–Kier alpha value is -1.98. The maximum atomic E-state index is 13.5. The summed E-state index contributed by atoms with van der Waals surface area (Å²) in [7, 11) is 0. The zero-order valence-electron chi connectivity index (χ0n) is 8.30. The normalized spacial score (nSPS) is 24.2. The molecule has 16 heavy (non-hydrogen) atoms. The van der Waals surface area contributed by atoms with Crippen LogP contribution in [0.3, 0.4) is 0 Å². The van der Waals surface area contributed by atoms with E-state index >= 15 is 0 Å². The van der Waals surface area contributed by atoms with Crippen LogP contribution in [0.5, 0.6) is 0 Å². The number of imide groups is 1. The second-order valence-electron chi connectivity index (χ2n) is 3.66. The SMILES string of the molecule is C[C@@]1(c2ccc(F)cc2F)NC(=O)NC1=O. The van der Waals surface area contributed by atoms with Crippen LogP contribution in [0.1, 0.15) is 12.5 Å². The molecule has 1 aromatic carbocycles. The molecule has 0 radical (unpaired) electrons. The number of benzene rings is 1. The Morgan fingerprint density at radius 3 is 2.44 bits per heavy atom. The Morgan fingerprint density at radius 1 is 1.25 bits per heavy atom. The number of urea groups is 1. The maximum absolute atomic E-state index is 13.5. The number of halogens is 2. The summed E-state index contributed by atoms with van der Waals surface area (Å²) in [6.07, 6.45) is 0. The zero-order valence-corrected chi connectivity index (χ0v) is 8.30. The van der Waals surface area contributed by atoms with Gasteiger partial charge in [-0.05, 0) is 13.0 Å². The van der Waals surface area contributed by atoms with Gasteiger partial charge in [0, 0.05) is 11.6 Å². The van der Waals surface area contributed by atoms with Gasteiger partial charge >= 0.3 is 6.03 Å². The fraction of sp³-hybridized carbons (Fsp3) is 0.200. The molecule has 1 saturated heterocycles. The summed E-state index contributed by atoms with van der Waals surface area (Å²) in [6.45, 7) is 1.35. The maximum Gasteiger partial charge on any atom is 0.322 e. The van der Waals surface area contributed by atoms with Gasteiger partial charge in [0.05, 0.1) is 0 Å². The quantitative estimate of drug-likeness (QED) is 0.702. The third-order valence-electron chi connectivity index (χ3n) is 2.51. The van der Waals surface area contributed by atoms with E-state index in [4.69, 9.17) is 0 Å². The van der Waals surface area contributed by atoms with Crippen molar-refractivity contribution >= 4 is 11.9 Å². The summed E-state index contributed by atoms with van der Waals surface area (Å²) in [6, 6.07) is 2.13. The first-order chi connectivity index (χ1) is 7.43. The van der Waals surface area contributed by atoms with Crippen LogP contribution >= 0.6 is 0 Å². The lowest BCUT2D eigenvalue weighted by molar-refractivity contribution is -0.123. The van der Waals surface area contributed by atoms with Crippen molar-refractivity contribution in [2.24, 2.45) is 0 Å². The monoisotopic (exact) mass is 226 g/mol. The molecular formula is C10H8F2N2O2. The van der Waals surface area contributed by atoms with E-state index in [1.807, 2.05) is 5.32 Å². The molecule has 2 N–H and O–H groups in total. The van der Waals surface area contributed by atoms with Gasteiger partial charge in [-0.1, -0.05) is 6.07 Å². The van der Waals surface area contributed by atoms with Crippen LogP contribution in [-0.4, -0.2) is 11.9 Å². The van der Waals surface area contributed by atoms with Gasteiger partial charge in [-0.25, -0.2) is 13.6 Å². The first kappa shape index (κ1) is 10.5. The number of rotatable bonds is 1. The van der Waals surface area contributed by atoms with E-state index in [0.717, 1.165) is 12.1 Å². The molecule has 1 aliphatic rings. The molecule has 0 saturated carbocycles. The fourth-order valence-electron chi connectivity index (χ4n) is 1.63. The molecule has 3 amide bonds. The summed E-state index contributed by atoms with van der Waals surface area (Å²) in [5.41, 5.74) is -1.56. The molecule has 84 valence electrons. The minimum Gasteiger partial charge on any atom is -0.319 e. The summed E-state index contributed by atoms with van der Waals surface area (Å²) in [4.78, 5) is 22.5. The molecule has 0 aromatic heterocycles. The van der Waals surface area contributed by atoms with E-state index in [9.17, 15) is 18.4 Å². The molecule has 0 unspecified atom stereocenters. The second kappa shape index (κ2) is 3.26. The molecular weight excluding hydrogens is 218 g/mol. The van der Waals surface area contributed by atoms with Crippen LogP contribution in [0, 0.1) is 11.6 Å². The molecule has 0 aliphatic carbocycles. The van der Waals surface area contributed by atoms with Crippen LogP contribution in [0.25, 0.3) is 0 Å². The average Bonchev–Trinajstić information content (AvgIpc) is 2.40. The minimum atomic E-state index is -1.49. The van der Waals surface area contributed by atoms with Gasteiger partial charge in [0.25, 0.3) is 5.91 Å². The van der Waals surface area contributed by atoms with Crippen molar-refractivity contribution in [2.75, 3.05) is 0 Å². The Balaban J connectivity index is 2.51. The lowest BCUT2D eigenvalue weighted by atomic mass is 9.92. The fourth-order valence-corrected chi connectivity index (χ4v) is 1.63. The zero-order chi connectivity index (χ0) is 11.9. The van der Waals surface area contributed by atoms with Gasteiger partial charge < -0.3 is 5.32 Å².